The van der Waals surface area contributed by atoms with Crippen LogP contribution in [-0.4, -0.2) is 38.9 Å². The number of pyridine rings is 1. The van der Waals surface area contributed by atoms with E-state index in [1.165, 1.54) is 0 Å². The van der Waals surface area contributed by atoms with E-state index in [-0.39, 0.29) is 18.7 Å². The number of alkyl carbamates (subject to hydrolysis) is 1. The Kier molecular flexibility index (Phi) is 6.42. The molecule has 0 saturated carbocycles. The second-order valence-electron chi connectivity index (χ2n) is 5.36. The molecule has 1 aromatic heterocycles. The normalized spacial score (nSPS) is 12.8. The Morgan fingerprint density at radius 2 is 2.00 bits per heavy atom. The number of ether oxygens (including phenoxy) is 1. The molecule has 1 aromatic carbocycles. The molecule has 26 heavy (non-hydrogen) atoms. The second kappa shape index (κ2) is 8.74. The van der Waals surface area contributed by atoms with Gasteiger partial charge in [-0.3, -0.25) is 14.9 Å². The molecule has 2 rings (SSSR count). The fourth-order valence-corrected chi connectivity index (χ4v) is 2.09. The van der Waals surface area contributed by atoms with Crippen molar-refractivity contribution in [2.75, 3.05) is 6.54 Å². The molecule has 4 N–H and O–H groups in total. The number of amides is 1. The minimum atomic E-state index is -1.56. The standard InChI is InChI=1S/C16H17N3O7/c20-13(8-18-16(23)26-9-10-4-2-1-3-5-10)14(21)11-6-12(19(24)25)15(22)17-7-11/h1-7,13-14,20-21H,8-9H2,(H,17,22)(H,18,23). The lowest BCUT2D eigenvalue weighted by Crippen LogP contribution is -2.36. The molecule has 138 valence electrons. The van der Waals surface area contributed by atoms with E-state index in [4.69, 9.17) is 4.74 Å². The van der Waals surface area contributed by atoms with Crippen molar-refractivity contribution < 1.29 is 24.7 Å². The number of hydrogen-bond donors (Lipinski definition) is 4. The van der Waals surface area contributed by atoms with Gasteiger partial charge in [-0.1, -0.05) is 30.3 Å². The lowest BCUT2D eigenvalue weighted by atomic mass is 10.1. The van der Waals surface area contributed by atoms with Crippen molar-refractivity contribution >= 4 is 11.8 Å². The fourth-order valence-electron chi connectivity index (χ4n) is 2.09. The Morgan fingerprint density at radius 3 is 2.65 bits per heavy atom. The van der Waals surface area contributed by atoms with Crippen LogP contribution in [0.1, 0.15) is 17.2 Å². The summed E-state index contributed by atoms with van der Waals surface area (Å²) in [5.41, 5.74) is -0.973. The van der Waals surface area contributed by atoms with Gasteiger partial charge in [0.15, 0.2) is 0 Å². The minimum Gasteiger partial charge on any atom is -0.445 e. The maximum atomic E-state index is 11.6. The molecule has 0 aliphatic heterocycles. The van der Waals surface area contributed by atoms with Gasteiger partial charge >= 0.3 is 17.3 Å². The zero-order valence-corrected chi connectivity index (χ0v) is 13.5. The Hall–Kier alpha value is -3.24. The highest BCUT2D eigenvalue weighted by Crippen LogP contribution is 2.18. The number of carbonyl (C=O) groups is 1. The highest BCUT2D eigenvalue weighted by Gasteiger charge is 2.23. The molecule has 2 unspecified atom stereocenters. The molecule has 10 heteroatoms. The van der Waals surface area contributed by atoms with Gasteiger partial charge in [0.1, 0.15) is 18.8 Å². The van der Waals surface area contributed by atoms with Gasteiger partial charge in [-0.05, 0) is 5.56 Å². The highest BCUT2D eigenvalue weighted by atomic mass is 16.6. The van der Waals surface area contributed by atoms with E-state index in [0.717, 1.165) is 17.8 Å². The largest absolute Gasteiger partial charge is 0.445 e. The first-order chi connectivity index (χ1) is 12.4. The number of aliphatic hydroxyl groups excluding tert-OH is 2. The number of rotatable bonds is 7. The SMILES string of the molecule is O=C(NCC(O)C(O)c1c[nH]c(=O)c([N+](=O)[O-])c1)OCc1ccccc1. The van der Waals surface area contributed by atoms with E-state index in [1.54, 1.807) is 24.3 Å². The third-order valence-electron chi connectivity index (χ3n) is 3.48. The van der Waals surface area contributed by atoms with Crippen LogP contribution in [-0.2, 0) is 11.3 Å². The van der Waals surface area contributed by atoms with Crippen molar-refractivity contribution in [2.24, 2.45) is 0 Å². The van der Waals surface area contributed by atoms with Crippen molar-refractivity contribution in [3.05, 3.63) is 74.2 Å². The van der Waals surface area contributed by atoms with Crippen molar-refractivity contribution in [2.45, 2.75) is 18.8 Å². The van der Waals surface area contributed by atoms with Crippen LogP contribution in [0.3, 0.4) is 0 Å². The Bertz CT molecular complexity index is 822. The zero-order valence-electron chi connectivity index (χ0n) is 13.5. The van der Waals surface area contributed by atoms with Crippen LogP contribution in [0.2, 0.25) is 0 Å². The molecule has 0 aliphatic rings. The van der Waals surface area contributed by atoms with Gasteiger partial charge in [0.2, 0.25) is 0 Å². The van der Waals surface area contributed by atoms with Crippen molar-refractivity contribution in [3.8, 4) is 0 Å². The average Bonchev–Trinajstić information content (AvgIpc) is 2.64. The summed E-state index contributed by atoms with van der Waals surface area (Å²) in [6, 6.07) is 9.81. The van der Waals surface area contributed by atoms with Gasteiger partial charge < -0.3 is 25.3 Å². The molecular formula is C16H17N3O7. The second-order valence-corrected chi connectivity index (χ2v) is 5.36. The molecule has 0 bridgehead atoms. The minimum absolute atomic E-state index is 0.0391. The number of aromatic nitrogens is 1. The number of aromatic amines is 1. The fraction of sp³-hybridized carbons (Fsp3) is 0.250. The topological polar surface area (TPSA) is 155 Å². The number of carbonyl (C=O) groups excluding carboxylic acids is 1. The molecule has 2 aromatic rings. The molecule has 0 spiro atoms. The first kappa shape index (κ1) is 19.1. The number of aliphatic hydroxyl groups is 2. The maximum Gasteiger partial charge on any atom is 0.407 e. The van der Waals surface area contributed by atoms with Gasteiger partial charge in [-0.25, -0.2) is 4.79 Å². The molecule has 10 nitrogen and oxygen atoms in total. The number of nitrogens with zero attached hydrogens (tertiary/aromatic N) is 1. The molecule has 0 saturated heterocycles. The summed E-state index contributed by atoms with van der Waals surface area (Å²) < 4.78 is 4.95. The molecule has 1 heterocycles. The van der Waals surface area contributed by atoms with Crippen LogP contribution in [0.5, 0.6) is 0 Å². The number of benzene rings is 1. The van der Waals surface area contributed by atoms with E-state index < -0.39 is 34.5 Å². The lowest BCUT2D eigenvalue weighted by molar-refractivity contribution is -0.386. The van der Waals surface area contributed by atoms with Gasteiger partial charge in [-0.2, -0.15) is 0 Å². The van der Waals surface area contributed by atoms with Gasteiger partial charge in [0, 0.05) is 24.4 Å². The lowest BCUT2D eigenvalue weighted by Gasteiger charge is -2.18. The molecule has 1 amide bonds. The third-order valence-corrected chi connectivity index (χ3v) is 3.48. The van der Waals surface area contributed by atoms with Crippen molar-refractivity contribution in [1.29, 1.82) is 0 Å². The number of nitrogens with one attached hydrogen (secondary N) is 2. The van der Waals surface area contributed by atoms with E-state index in [1.807, 2.05) is 6.07 Å². The zero-order chi connectivity index (χ0) is 19.1. The van der Waals surface area contributed by atoms with Gasteiger partial charge in [0.05, 0.1) is 4.92 Å². The van der Waals surface area contributed by atoms with Crippen LogP contribution in [0.25, 0.3) is 0 Å². The van der Waals surface area contributed by atoms with E-state index in [2.05, 4.69) is 10.3 Å². The molecule has 0 radical (unpaired) electrons. The first-order valence-corrected chi connectivity index (χ1v) is 7.56. The molecule has 2 atom stereocenters. The Labute approximate surface area is 147 Å². The number of nitro groups is 1. The molecule has 0 aliphatic carbocycles. The number of H-pyrrole nitrogens is 1. The molecule has 0 fully saturated rings. The van der Waals surface area contributed by atoms with E-state index in [9.17, 15) is 29.9 Å². The summed E-state index contributed by atoms with van der Waals surface area (Å²) in [6.07, 6.45) is -2.77. The third kappa shape index (κ3) is 5.13. The van der Waals surface area contributed by atoms with E-state index >= 15 is 0 Å². The van der Waals surface area contributed by atoms with Crippen LogP contribution in [0.15, 0.2) is 47.4 Å². The summed E-state index contributed by atoms with van der Waals surface area (Å²) in [6.45, 7) is -0.320. The Balaban J connectivity index is 1.87. The van der Waals surface area contributed by atoms with Gasteiger partial charge in [0.25, 0.3) is 0 Å². The monoisotopic (exact) mass is 363 g/mol. The summed E-state index contributed by atoms with van der Waals surface area (Å²) in [5, 5.41) is 33.0. The number of hydrogen-bond acceptors (Lipinski definition) is 7. The van der Waals surface area contributed by atoms with Crippen molar-refractivity contribution in [1.82, 2.24) is 10.3 Å². The predicted octanol–water partition coefficient (Wildman–Crippen LogP) is 0.604. The summed E-state index contributed by atoms with van der Waals surface area (Å²) >= 11 is 0. The van der Waals surface area contributed by atoms with Crippen LogP contribution in [0, 0.1) is 10.1 Å². The highest BCUT2D eigenvalue weighted by molar-refractivity contribution is 5.67. The summed E-state index contributed by atoms with van der Waals surface area (Å²) in [5.74, 6) is 0. The van der Waals surface area contributed by atoms with Crippen molar-refractivity contribution in [3.63, 3.8) is 0 Å². The van der Waals surface area contributed by atoms with Crippen LogP contribution >= 0.6 is 0 Å². The Morgan fingerprint density at radius 1 is 1.31 bits per heavy atom. The van der Waals surface area contributed by atoms with E-state index in [0.29, 0.717) is 0 Å². The molecular weight excluding hydrogens is 346 g/mol. The summed E-state index contributed by atoms with van der Waals surface area (Å²) in [7, 11) is 0. The maximum absolute atomic E-state index is 11.6. The smallest absolute Gasteiger partial charge is 0.407 e. The summed E-state index contributed by atoms with van der Waals surface area (Å²) in [4.78, 5) is 34.8. The first-order valence-electron chi connectivity index (χ1n) is 7.56. The average molecular weight is 363 g/mol. The predicted molar refractivity (Wildman–Crippen MR) is 89.3 cm³/mol. The van der Waals surface area contributed by atoms with Crippen LogP contribution < -0.4 is 10.9 Å². The van der Waals surface area contributed by atoms with Gasteiger partial charge in [-0.15, -0.1) is 0 Å². The quantitative estimate of drug-likeness (QED) is 0.415. The van der Waals surface area contributed by atoms with Crippen LogP contribution in [0.4, 0.5) is 10.5 Å².